The summed E-state index contributed by atoms with van der Waals surface area (Å²) in [4.78, 5) is 0. The summed E-state index contributed by atoms with van der Waals surface area (Å²) in [6, 6.07) is 0. The minimum absolute atomic E-state index is 0.224. The lowest BCUT2D eigenvalue weighted by Gasteiger charge is -2.30. The predicted octanol–water partition coefficient (Wildman–Crippen LogP) is 2.58. The molecule has 2 nitrogen and oxygen atoms in total. The lowest BCUT2D eigenvalue weighted by Crippen LogP contribution is -2.20. The number of rotatable bonds is 7. The van der Waals surface area contributed by atoms with E-state index in [4.69, 9.17) is 10.2 Å². The Morgan fingerprint density at radius 3 is 1.14 bits per heavy atom. The van der Waals surface area contributed by atoms with E-state index >= 15 is 0 Å². The highest BCUT2D eigenvalue weighted by Crippen LogP contribution is 2.34. The second kappa shape index (κ2) is 5.72. The molecule has 2 heteroatoms. The molecule has 14 heavy (non-hydrogen) atoms. The van der Waals surface area contributed by atoms with Gasteiger partial charge in [0, 0.05) is 13.2 Å². The zero-order chi connectivity index (χ0) is 11.2. The molecule has 0 fully saturated rings. The van der Waals surface area contributed by atoms with E-state index in [9.17, 15) is 0 Å². The maximum atomic E-state index is 8.89. The van der Waals surface area contributed by atoms with Crippen molar-refractivity contribution in [3.8, 4) is 0 Å². The summed E-state index contributed by atoms with van der Waals surface area (Å²) >= 11 is 0. The minimum Gasteiger partial charge on any atom is -0.396 e. The molecule has 0 amide bonds. The van der Waals surface area contributed by atoms with Crippen LogP contribution in [-0.4, -0.2) is 23.4 Å². The second-order valence-corrected chi connectivity index (χ2v) is 5.78. The molecule has 86 valence electrons. The average molecular weight is 202 g/mol. The lowest BCUT2D eigenvalue weighted by atomic mass is 9.76. The van der Waals surface area contributed by atoms with Gasteiger partial charge < -0.3 is 10.2 Å². The van der Waals surface area contributed by atoms with E-state index in [2.05, 4.69) is 27.7 Å². The minimum atomic E-state index is 0.224. The van der Waals surface area contributed by atoms with Crippen LogP contribution in [-0.2, 0) is 0 Å². The molecule has 0 aliphatic carbocycles. The van der Waals surface area contributed by atoms with Crippen molar-refractivity contribution in [2.45, 2.75) is 53.4 Å². The van der Waals surface area contributed by atoms with Crippen molar-refractivity contribution in [1.29, 1.82) is 0 Å². The zero-order valence-electron chi connectivity index (χ0n) is 10.1. The smallest absolute Gasteiger partial charge is 0.0436 e. The van der Waals surface area contributed by atoms with Gasteiger partial charge in [-0.3, -0.25) is 0 Å². The van der Waals surface area contributed by atoms with Gasteiger partial charge in [0.1, 0.15) is 0 Å². The van der Waals surface area contributed by atoms with Gasteiger partial charge in [-0.2, -0.15) is 0 Å². The third kappa shape index (κ3) is 6.39. The van der Waals surface area contributed by atoms with E-state index in [1.165, 1.54) is 0 Å². The van der Waals surface area contributed by atoms with Gasteiger partial charge in [-0.1, -0.05) is 27.7 Å². The molecule has 0 bridgehead atoms. The van der Waals surface area contributed by atoms with Crippen LogP contribution in [0.5, 0.6) is 0 Å². The maximum absolute atomic E-state index is 8.89. The summed E-state index contributed by atoms with van der Waals surface area (Å²) < 4.78 is 0. The molecular formula is C12H26O2. The third-order valence-electron chi connectivity index (χ3n) is 3.06. The predicted molar refractivity (Wildman–Crippen MR) is 60.2 cm³/mol. The van der Waals surface area contributed by atoms with E-state index in [1.54, 1.807) is 0 Å². The van der Waals surface area contributed by atoms with Crippen LogP contribution in [0, 0.1) is 10.8 Å². The molecule has 0 spiro atoms. The van der Waals surface area contributed by atoms with Gasteiger partial charge in [-0.15, -0.1) is 0 Å². The number of aliphatic hydroxyl groups excluding tert-OH is 2. The van der Waals surface area contributed by atoms with E-state index in [-0.39, 0.29) is 24.0 Å². The Labute approximate surface area is 88.3 Å². The molecule has 0 aliphatic heterocycles. The number of hydrogen-bond donors (Lipinski definition) is 2. The Morgan fingerprint density at radius 1 is 0.643 bits per heavy atom. The highest BCUT2D eigenvalue weighted by molar-refractivity contribution is 4.75. The van der Waals surface area contributed by atoms with Crippen LogP contribution in [0.3, 0.4) is 0 Å². The highest BCUT2D eigenvalue weighted by Gasteiger charge is 2.23. The maximum Gasteiger partial charge on any atom is 0.0436 e. The quantitative estimate of drug-likeness (QED) is 0.666. The van der Waals surface area contributed by atoms with Crippen molar-refractivity contribution < 1.29 is 10.2 Å². The average Bonchev–Trinajstić information content (AvgIpc) is 2.01. The Morgan fingerprint density at radius 2 is 0.929 bits per heavy atom. The SMILES string of the molecule is CC(C)(CCO)CCC(C)(C)CCO. The second-order valence-electron chi connectivity index (χ2n) is 5.78. The van der Waals surface area contributed by atoms with Gasteiger partial charge in [0.15, 0.2) is 0 Å². The molecule has 0 heterocycles. The van der Waals surface area contributed by atoms with Crippen LogP contribution in [0.2, 0.25) is 0 Å². The van der Waals surface area contributed by atoms with Crippen molar-refractivity contribution in [3.63, 3.8) is 0 Å². The molecule has 0 saturated carbocycles. The lowest BCUT2D eigenvalue weighted by molar-refractivity contribution is 0.153. The fraction of sp³-hybridized carbons (Fsp3) is 1.00. The largest absolute Gasteiger partial charge is 0.396 e. The van der Waals surface area contributed by atoms with Crippen molar-refractivity contribution >= 4 is 0 Å². The van der Waals surface area contributed by atoms with Gasteiger partial charge in [-0.05, 0) is 36.5 Å². The first-order valence-corrected chi connectivity index (χ1v) is 5.55. The van der Waals surface area contributed by atoms with E-state index in [0.29, 0.717) is 0 Å². The summed E-state index contributed by atoms with van der Waals surface area (Å²) in [5.74, 6) is 0. The van der Waals surface area contributed by atoms with Gasteiger partial charge in [0.2, 0.25) is 0 Å². The molecule has 0 aromatic heterocycles. The molecule has 0 rings (SSSR count). The fourth-order valence-electron chi connectivity index (χ4n) is 1.53. The van der Waals surface area contributed by atoms with E-state index < -0.39 is 0 Å². The van der Waals surface area contributed by atoms with Crippen LogP contribution in [0.25, 0.3) is 0 Å². The van der Waals surface area contributed by atoms with E-state index in [0.717, 1.165) is 25.7 Å². The fourth-order valence-corrected chi connectivity index (χ4v) is 1.53. The molecule has 0 aromatic rings. The third-order valence-corrected chi connectivity index (χ3v) is 3.06. The Kier molecular flexibility index (Phi) is 5.68. The Balaban J connectivity index is 3.90. The van der Waals surface area contributed by atoms with E-state index in [1.807, 2.05) is 0 Å². The number of aliphatic hydroxyl groups is 2. The Bertz CT molecular complexity index is 132. The van der Waals surface area contributed by atoms with Crippen molar-refractivity contribution in [2.24, 2.45) is 10.8 Å². The molecule has 0 unspecified atom stereocenters. The molecule has 0 radical (unpaired) electrons. The van der Waals surface area contributed by atoms with Crippen molar-refractivity contribution in [1.82, 2.24) is 0 Å². The van der Waals surface area contributed by atoms with Gasteiger partial charge in [0.25, 0.3) is 0 Å². The van der Waals surface area contributed by atoms with Gasteiger partial charge in [-0.25, -0.2) is 0 Å². The summed E-state index contributed by atoms with van der Waals surface area (Å²) in [6.45, 7) is 9.31. The summed E-state index contributed by atoms with van der Waals surface area (Å²) in [5.41, 5.74) is 0.447. The zero-order valence-corrected chi connectivity index (χ0v) is 10.1. The van der Waals surface area contributed by atoms with Crippen molar-refractivity contribution in [3.05, 3.63) is 0 Å². The Hall–Kier alpha value is -0.0800. The molecule has 0 aromatic carbocycles. The van der Waals surface area contributed by atoms with Crippen LogP contribution in [0.15, 0.2) is 0 Å². The van der Waals surface area contributed by atoms with Gasteiger partial charge >= 0.3 is 0 Å². The number of hydrogen-bond acceptors (Lipinski definition) is 2. The molecular weight excluding hydrogens is 176 g/mol. The van der Waals surface area contributed by atoms with Crippen LogP contribution in [0.1, 0.15) is 53.4 Å². The normalized spacial score (nSPS) is 13.3. The first kappa shape index (κ1) is 13.9. The monoisotopic (exact) mass is 202 g/mol. The topological polar surface area (TPSA) is 40.5 Å². The van der Waals surface area contributed by atoms with Crippen LogP contribution >= 0.6 is 0 Å². The molecule has 0 saturated heterocycles. The van der Waals surface area contributed by atoms with Crippen molar-refractivity contribution in [2.75, 3.05) is 13.2 Å². The summed E-state index contributed by atoms with van der Waals surface area (Å²) in [6.07, 6.45) is 3.95. The summed E-state index contributed by atoms with van der Waals surface area (Å²) in [7, 11) is 0. The standard InChI is InChI=1S/C12H26O2/c1-11(2,7-9-13)5-6-12(3,4)8-10-14/h13-14H,5-10H2,1-4H3. The summed E-state index contributed by atoms with van der Waals surface area (Å²) in [5, 5.41) is 17.8. The van der Waals surface area contributed by atoms with Gasteiger partial charge in [0.05, 0.1) is 0 Å². The molecule has 0 aliphatic rings. The highest BCUT2D eigenvalue weighted by atomic mass is 16.3. The first-order valence-electron chi connectivity index (χ1n) is 5.55. The molecule has 2 N–H and O–H groups in total. The van der Waals surface area contributed by atoms with Crippen LogP contribution in [0.4, 0.5) is 0 Å². The first-order chi connectivity index (χ1) is 6.33. The van der Waals surface area contributed by atoms with Crippen LogP contribution < -0.4 is 0 Å². The molecule has 0 atom stereocenters.